The molecule has 0 aliphatic rings. The number of hydrogen-bond acceptors (Lipinski definition) is 6. The molecule has 0 aliphatic carbocycles. The predicted octanol–water partition coefficient (Wildman–Crippen LogP) is 1.66. The molecule has 0 saturated carbocycles. The number of rotatable bonds is 8. The van der Waals surface area contributed by atoms with Gasteiger partial charge in [0.05, 0.1) is 30.3 Å². The fourth-order valence-corrected chi connectivity index (χ4v) is 1.50. The van der Waals surface area contributed by atoms with Gasteiger partial charge >= 0.3 is 5.97 Å². The van der Waals surface area contributed by atoms with Crippen LogP contribution >= 0.6 is 0 Å². The SMILES string of the molecule is COc1cc(C=O)c([N+](=O)[O-])cc1OCCCC(=O)O. The third kappa shape index (κ3) is 3.94. The van der Waals surface area contributed by atoms with Gasteiger partial charge in [-0.2, -0.15) is 0 Å². The Hall–Kier alpha value is -2.64. The summed E-state index contributed by atoms with van der Waals surface area (Å²) in [7, 11) is 1.33. The third-order valence-corrected chi connectivity index (χ3v) is 2.43. The first-order valence-corrected chi connectivity index (χ1v) is 5.65. The molecule has 0 saturated heterocycles. The highest BCUT2D eigenvalue weighted by Gasteiger charge is 2.19. The summed E-state index contributed by atoms with van der Waals surface area (Å²) in [5.74, 6) is -0.689. The second-order valence-electron chi connectivity index (χ2n) is 3.78. The van der Waals surface area contributed by atoms with E-state index in [1.807, 2.05) is 0 Å². The zero-order valence-corrected chi connectivity index (χ0v) is 10.7. The van der Waals surface area contributed by atoms with Crippen molar-refractivity contribution < 1.29 is 29.1 Å². The minimum atomic E-state index is -0.956. The van der Waals surface area contributed by atoms with Gasteiger partial charge in [0, 0.05) is 12.5 Å². The Balaban J connectivity index is 2.93. The highest BCUT2D eigenvalue weighted by atomic mass is 16.6. The van der Waals surface area contributed by atoms with Gasteiger partial charge in [-0.05, 0) is 6.42 Å². The van der Waals surface area contributed by atoms with Crippen LogP contribution < -0.4 is 9.47 Å². The minimum Gasteiger partial charge on any atom is -0.493 e. The molecule has 1 aromatic rings. The number of methoxy groups -OCH3 is 1. The highest BCUT2D eigenvalue weighted by Crippen LogP contribution is 2.34. The summed E-state index contributed by atoms with van der Waals surface area (Å²) in [4.78, 5) is 31.3. The zero-order chi connectivity index (χ0) is 15.1. The van der Waals surface area contributed by atoms with Crippen molar-refractivity contribution >= 4 is 17.9 Å². The molecule has 1 N–H and O–H groups in total. The van der Waals surface area contributed by atoms with E-state index >= 15 is 0 Å². The molecule has 8 nitrogen and oxygen atoms in total. The first-order chi connectivity index (χ1) is 9.49. The first kappa shape index (κ1) is 15.4. The van der Waals surface area contributed by atoms with Crippen molar-refractivity contribution in [2.75, 3.05) is 13.7 Å². The summed E-state index contributed by atoms with van der Waals surface area (Å²) in [5.41, 5.74) is -0.515. The summed E-state index contributed by atoms with van der Waals surface area (Å²) in [6.07, 6.45) is 0.535. The van der Waals surface area contributed by atoms with Gasteiger partial charge in [-0.3, -0.25) is 19.7 Å². The van der Waals surface area contributed by atoms with E-state index in [2.05, 4.69) is 0 Å². The fraction of sp³-hybridized carbons (Fsp3) is 0.333. The number of aldehydes is 1. The lowest BCUT2D eigenvalue weighted by atomic mass is 10.1. The second-order valence-corrected chi connectivity index (χ2v) is 3.78. The number of hydrogen-bond donors (Lipinski definition) is 1. The number of nitrogens with zero attached hydrogens (tertiary/aromatic N) is 1. The number of ether oxygens (including phenoxy) is 2. The highest BCUT2D eigenvalue weighted by molar-refractivity contribution is 5.83. The summed E-state index contributed by atoms with van der Waals surface area (Å²) >= 11 is 0. The van der Waals surface area contributed by atoms with Crippen LogP contribution in [-0.4, -0.2) is 36.0 Å². The number of carbonyl (C=O) groups is 2. The topological polar surface area (TPSA) is 116 Å². The number of carbonyl (C=O) groups excluding carboxylic acids is 1. The van der Waals surface area contributed by atoms with E-state index in [0.29, 0.717) is 6.29 Å². The van der Waals surface area contributed by atoms with Crippen molar-refractivity contribution in [2.24, 2.45) is 0 Å². The summed E-state index contributed by atoms with van der Waals surface area (Å²) in [6, 6.07) is 2.29. The van der Waals surface area contributed by atoms with E-state index in [1.54, 1.807) is 0 Å². The lowest BCUT2D eigenvalue weighted by molar-refractivity contribution is -0.385. The van der Waals surface area contributed by atoms with Gasteiger partial charge in [-0.15, -0.1) is 0 Å². The molecule has 0 spiro atoms. The Morgan fingerprint density at radius 1 is 1.45 bits per heavy atom. The quantitative estimate of drug-likeness (QED) is 0.333. The predicted molar refractivity (Wildman–Crippen MR) is 67.4 cm³/mol. The molecular weight excluding hydrogens is 270 g/mol. The van der Waals surface area contributed by atoms with Crippen LogP contribution in [0.15, 0.2) is 12.1 Å². The standard InChI is InChI=1S/C12H13NO7/c1-19-10-5-8(7-14)9(13(17)18)6-11(10)20-4-2-3-12(15)16/h5-7H,2-4H2,1H3,(H,15,16). The molecule has 108 valence electrons. The molecule has 0 aliphatic heterocycles. The normalized spacial score (nSPS) is 9.85. The molecule has 0 fully saturated rings. The van der Waals surface area contributed by atoms with Crippen LogP contribution in [0, 0.1) is 10.1 Å². The molecule has 0 atom stereocenters. The van der Waals surface area contributed by atoms with Crippen molar-refractivity contribution in [3.05, 3.63) is 27.8 Å². The maximum Gasteiger partial charge on any atom is 0.303 e. The Kier molecular flexibility index (Phi) is 5.45. The molecule has 0 aromatic heterocycles. The second kappa shape index (κ2) is 7.07. The van der Waals surface area contributed by atoms with Gasteiger partial charge in [0.2, 0.25) is 0 Å². The molecule has 20 heavy (non-hydrogen) atoms. The largest absolute Gasteiger partial charge is 0.493 e. The van der Waals surface area contributed by atoms with Crippen LogP contribution in [0.3, 0.4) is 0 Å². The van der Waals surface area contributed by atoms with Crippen LogP contribution in [0.2, 0.25) is 0 Å². The van der Waals surface area contributed by atoms with Gasteiger partial charge in [0.25, 0.3) is 5.69 Å². The average molecular weight is 283 g/mol. The van der Waals surface area contributed by atoms with E-state index in [1.165, 1.54) is 13.2 Å². The van der Waals surface area contributed by atoms with Crippen molar-refractivity contribution in [3.63, 3.8) is 0 Å². The third-order valence-electron chi connectivity index (χ3n) is 2.43. The van der Waals surface area contributed by atoms with E-state index in [9.17, 15) is 19.7 Å². The molecule has 1 aromatic carbocycles. The first-order valence-electron chi connectivity index (χ1n) is 5.65. The molecular formula is C12H13NO7. The number of carboxylic acid groups (broad SMARTS) is 1. The number of nitro groups is 1. The molecule has 0 amide bonds. The monoisotopic (exact) mass is 283 g/mol. The van der Waals surface area contributed by atoms with E-state index < -0.39 is 16.6 Å². The molecule has 1 rings (SSSR count). The van der Waals surface area contributed by atoms with Crippen LogP contribution in [0.4, 0.5) is 5.69 Å². The number of benzene rings is 1. The lowest BCUT2D eigenvalue weighted by Crippen LogP contribution is -2.04. The Morgan fingerprint density at radius 2 is 2.15 bits per heavy atom. The Morgan fingerprint density at radius 3 is 2.65 bits per heavy atom. The number of nitro benzene ring substituents is 1. The fourth-order valence-electron chi connectivity index (χ4n) is 1.50. The van der Waals surface area contributed by atoms with Gasteiger partial charge in [0.15, 0.2) is 17.8 Å². The summed E-state index contributed by atoms with van der Waals surface area (Å²) in [6.45, 7) is 0.0697. The van der Waals surface area contributed by atoms with Gasteiger partial charge in [0.1, 0.15) is 0 Å². The van der Waals surface area contributed by atoms with Crippen LogP contribution in [0.5, 0.6) is 11.5 Å². The number of carboxylic acids is 1. The van der Waals surface area contributed by atoms with Crippen molar-refractivity contribution in [1.82, 2.24) is 0 Å². The maximum absolute atomic E-state index is 10.8. The lowest BCUT2D eigenvalue weighted by Gasteiger charge is -2.10. The maximum atomic E-state index is 10.8. The van der Waals surface area contributed by atoms with Crippen LogP contribution in [0.25, 0.3) is 0 Å². The Labute approximate surface area is 114 Å². The van der Waals surface area contributed by atoms with Crippen LogP contribution in [-0.2, 0) is 4.79 Å². The van der Waals surface area contributed by atoms with E-state index in [0.717, 1.165) is 6.07 Å². The van der Waals surface area contributed by atoms with Crippen molar-refractivity contribution in [2.45, 2.75) is 12.8 Å². The van der Waals surface area contributed by atoms with Gasteiger partial charge in [-0.1, -0.05) is 0 Å². The van der Waals surface area contributed by atoms with Gasteiger partial charge in [-0.25, -0.2) is 0 Å². The minimum absolute atomic E-state index is 0.0697. The van der Waals surface area contributed by atoms with Gasteiger partial charge < -0.3 is 14.6 Å². The Bertz CT molecular complexity index is 527. The molecule has 0 bridgehead atoms. The molecule has 0 heterocycles. The molecule has 0 radical (unpaired) electrons. The zero-order valence-electron chi connectivity index (χ0n) is 10.7. The van der Waals surface area contributed by atoms with E-state index in [-0.39, 0.29) is 36.5 Å². The summed E-state index contributed by atoms with van der Waals surface area (Å²) < 4.78 is 10.2. The summed E-state index contributed by atoms with van der Waals surface area (Å²) in [5, 5.41) is 19.3. The smallest absolute Gasteiger partial charge is 0.303 e. The van der Waals surface area contributed by atoms with Crippen LogP contribution in [0.1, 0.15) is 23.2 Å². The van der Waals surface area contributed by atoms with E-state index in [4.69, 9.17) is 14.6 Å². The molecule has 0 unspecified atom stereocenters. The average Bonchev–Trinajstić information content (AvgIpc) is 2.42. The number of aliphatic carboxylic acids is 1. The molecule has 8 heteroatoms. The van der Waals surface area contributed by atoms with Crippen molar-refractivity contribution in [1.29, 1.82) is 0 Å². The van der Waals surface area contributed by atoms with Crippen molar-refractivity contribution in [3.8, 4) is 11.5 Å².